The van der Waals surface area contributed by atoms with Gasteiger partial charge in [-0.3, -0.25) is 0 Å². The van der Waals surface area contributed by atoms with E-state index in [9.17, 15) is 8.42 Å². The molecule has 1 saturated heterocycles. The van der Waals surface area contributed by atoms with Crippen molar-refractivity contribution in [3.63, 3.8) is 0 Å². The van der Waals surface area contributed by atoms with Crippen LogP contribution in [0.1, 0.15) is 0 Å². The minimum absolute atomic E-state index is 0.103. The molecule has 0 saturated carbocycles. The molecule has 1 heterocycles. The quantitative estimate of drug-likeness (QED) is 0.795. The highest BCUT2D eigenvalue weighted by molar-refractivity contribution is 7.89. The summed E-state index contributed by atoms with van der Waals surface area (Å²) in [6.07, 6.45) is 0. The van der Waals surface area contributed by atoms with Crippen molar-refractivity contribution >= 4 is 15.7 Å². The maximum Gasteiger partial charge on any atom is 0.240 e. The summed E-state index contributed by atoms with van der Waals surface area (Å²) in [6.45, 7) is 2.67. The van der Waals surface area contributed by atoms with Gasteiger partial charge in [0.15, 0.2) is 0 Å². The van der Waals surface area contributed by atoms with Gasteiger partial charge in [0.2, 0.25) is 10.0 Å². The third-order valence-electron chi connectivity index (χ3n) is 2.48. The van der Waals surface area contributed by atoms with E-state index in [1.54, 1.807) is 18.2 Å². The largest absolute Gasteiger partial charge is 0.379 e. The smallest absolute Gasteiger partial charge is 0.240 e. The first-order valence-corrected chi connectivity index (χ1v) is 6.83. The Hall–Kier alpha value is -1.15. The molecule has 1 aromatic carbocycles. The number of hydrogen-bond donors (Lipinski definition) is 2. The molecule has 17 heavy (non-hydrogen) atoms. The molecular weight excluding hydrogens is 242 g/mol. The van der Waals surface area contributed by atoms with Crippen molar-refractivity contribution in [1.82, 2.24) is 5.01 Å². The van der Waals surface area contributed by atoms with Crippen LogP contribution < -0.4 is 10.6 Å². The number of benzene rings is 1. The average molecular weight is 257 g/mol. The lowest BCUT2D eigenvalue weighted by molar-refractivity contribution is 0.0495. The fraction of sp³-hybridized carbons (Fsp3) is 0.400. The van der Waals surface area contributed by atoms with Gasteiger partial charge in [0.1, 0.15) is 4.90 Å². The van der Waals surface area contributed by atoms with Gasteiger partial charge in [-0.05, 0) is 12.1 Å². The van der Waals surface area contributed by atoms with E-state index >= 15 is 0 Å². The molecule has 0 bridgehead atoms. The molecule has 0 aromatic heterocycles. The molecule has 0 radical (unpaired) electrons. The topological polar surface area (TPSA) is 84.7 Å². The van der Waals surface area contributed by atoms with Gasteiger partial charge in [0.05, 0.1) is 18.9 Å². The number of nitrogens with one attached hydrogen (secondary N) is 1. The van der Waals surface area contributed by atoms with Crippen LogP contribution in [0.4, 0.5) is 5.69 Å². The van der Waals surface area contributed by atoms with Crippen LogP contribution in [0.2, 0.25) is 0 Å². The summed E-state index contributed by atoms with van der Waals surface area (Å²) < 4.78 is 28.0. The highest BCUT2D eigenvalue weighted by Crippen LogP contribution is 2.20. The van der Waals surface area contributed by atoms with Crippen molar-refractivity contribution in [3.8, 4) is 0 Å². The summed E-state index contributed by atoms with van der Waals surface area (Å²) in [7, 11) is -3.70. The third kappa shape index (κ3) is 3.16. The molecular formula is C10H15N3O3S. The van der Waals surface area contributed by atoms with E-state index in [1.807, 2.05) is 5.01 Å². The highest BCUT2D eigenvalue weighted by Gasteiger charge is 2.16. The first-order valence-electron chi connectivity index (χ1n) is 5.28. The number of anilines is 1. The van der Waals surface area contributed by atoms with Crippen LogP contribution >= 0.6 is 0 Å². The van der Waals surface area contributed by atoms with Gasteiger partial charge >= 0.3 is 0 Å². The molecule has 0 spiro atoms. The first-order chi connectivity index (χ1) is 8.07. The van der Waals surface area contributed by atoms with Crippen molar-refractivity contribution in [2.24, 2.45) is 5.14 Å². The number of nitrogens with zero attached hydrogens (tertiary/aromatic N) is 1. The van der Waals surface area contributed by atoms with E-state index in [2.05, 4.69) is 5.43 Å². The van der Waals surface area contributed by atoms with E-state index in [-0.39, 0.29) is 4.90 Å². The van der Waals surface area contributed by atoms with Crippen LogP contribution in [-0.2, 0) is 14.8 Å². The summed E-state index contributed by atoms with van der Waals surface area (Å²) in [4.78, 5) is 0.103. The zero-order valence-electron chi connectivity index (χ0n) is 9.30. The molecule has 7 heteroatoms. The summed E-state index contributed by atoms with van der Waals surface area (Å²) in [6, 6.07) is 6.58. The van der Waals surface area contributed by atoms with Crippen LogP contribution in [0.3, 0.4) is 0 Å². The Bertz CT molecular complexity index is 483. The fourth-order valence-electron chi connectivity index (χ4n) is 1.65. The fourth-order valence-corrected chi connectivity index (χ4v) is 2.34. The Kier molecular flexibility index (Phi) is 3.63. The SMILES string of the molecule is NS(=O)(=O)c1ccccc1NN1CCOCC1. The van der Waals surface area contributed by atoms with Gasteiger partial charge in [-0.15, -0.1) is 0 Å². The molecule has 0 atom stereocenters. The summed E-state index contributed by atoms with van der Waals surface area (Å²) >= 11 is 0. The van der Waals surface area contributed by atoms with E-state index in [0.29, 0.717) is 32.0 Å². The van der Waals surface area contributed by atoms with Gasteiger partial charge in [0, 0.05) is 13.1 Å². The number of para-hydroxylation sites is 1. The zero-order chi connectivity index (χ0) is 12.3. The molecule has 6 nitrogen and oxygen atoms in total. The van der Waals surface area contributed by atoms with Crippen molar-refractivity contribution in [2.45, 2.75) is 4.90 Å². The molecule has 3 N–H and O–H groups in total. The summed E-state index contributed by atoms with van der Waals surface area (Å²) in [5, 5.41) is 7.06. The number of hydrogen-bond acceptors (Lipinski definition) is 5. The predicted molar refractivity (Wildman–Crippen MR) is 63.8 cm³/mol. The molecule has 1 aromatic rings. The Morgan fingerprint density at radius 2 is 1.88 bits per heavy atom. The zero-order valence-corrected chi connectivity index (χ0v) is 10.1. The van der Waals surface area contributed by atoms with E-state index in [4.69, 9.17) is 9.88 Å². The predicted octanol–water partition coefficient (Wildman–Crippen LogP) is -0.00690. The maximum atomic E-state index is 11.4. The second-order valence-corrected chi connectivity index (χ2v) is 5.28. The summed E-state index contributed by atoms with van der Waals surface area (Å²) in [5.41, 5.74) is 3.55. The van der Waals surface area contributed by atoms with Crippen LogP contribution in [-0.4, -0.2) is 39.7 Å². The van der Waals surface area contributed by atoms with E-state index in [1.165, 1.54) is 6.07 Å². The maximum absolute atomic E-state index is 11.4. The van der Waals surface area contributed by atoms with Crippen LogP contribution in [0.25, 0.3) is 0 Å². The Morgan fingerprint density at radius 3 is 2.53 bits per heavy atom. The minimum Gasteiger partial charge on any atom is -0.379 e. The number of primary sulfonamides is 1. The lowest BCUT2D eigenvalue weighted by atomic mass is 10.3. The van der Waals surface area contributed by atoms with Crippen molar-refractivity contribution in [2.75, 3.05) is 31.7 Å². The number of morpholine rings is 1. The molecule has 1 aliphatic heterocycles. The number of ether oxygens (including phenoxy) is 1. The van der Waals surface area contributed by atoms with E-state index in [0.717, 1.165) is 0 Å². The molecule has 94 valence electrons. The Morgan fingerprint density at radius 1 is 1.24 bits per heavy atom. The number of hydrazine groups is 1. The van der Waals surface area contributed by atoms with Crippen LogP contribution in [0.15, 0.2) is 29.2 Å². The standard InChI is InChI=1S/C10H15N3O3S/c11-17(14,15)10-4-2-1-3-9(10)12-13-5-7-16-8-6-13/h1-4,12H,5-8H2,(H2,11,14,15). The monoisotopic (exact) mass is 257 g/mol. The van der Waals surface area contributed by atoms with Crippen molar-refractivity contribution < 1.29 is 13.2 Å². The molecule has 1 aliphatic rings. The second kappa shape index (κ2) is 5.01. The summed E-state index contributed by atoms with van der Waals surface area (Å²) in [5.74, 6) is 0. The minimum atomic E-state index is -3.70. The van der Waals surface area contributed by atoms with Crippen molar-refractivity contribution in [3.05, 3.63) is 24.3 Å². The average Bonchev–Trinajstić information content (AvgIpc) is 2.30. The Balaban J connectivity index is 2.20. The van der Waals surface area contributed by atoms with Crippen LogP contribution in [0, 0.1) is 0 Å². The van der Waals surface area contributed by atoms with Gasteiger partial charge in [-0.2, -0.15) is 0 Å². The normalized spacial score (nSPS) is 17.9. The van der Waals surface area contributed by atoms with Gasteiger partial charge in [-0.1, -0.05) is 12.1 Å². The lowest BCUT2D eigenvalue weighted by Crippen LogP contribution is -2.40. The number of rotatable bonds is 3. The molecule has 0 aliphatic carbocycles. The Labute approximate surface area is 100 Å². The van der Waals surface area contributed by atoms with Gasteiger partial charge in [-0.25, -0.2) is 18.6 Å². The molecule has 2 rings (SSSR count). The number of nitrogens with two attached hydrogens (primary N) is 1. The van der Waals surface area contributed by atoms with E-state index < -0.39 is 10.0 Å². The highest BCUT2D eigenvalue weighted by atomic mass is 32.2. The van der Waals surface area contributed by atoms with Gasteiger partial charge < -0.3 is 10.2 Å². The molecule has 0 unspecified atom stereocenters. The van der Waals surface area contributed by atoms with Crippen molar-refractivity contribution in [1.29, 1.82) is 0 Å². The lowest BCUT2D eigenvalue weighted by Gasteiger charge is -2.28. The second-order valence-electron chi connectivity index (χ2n) is 3.75. The van der Waals surface area contributed by atoms with Crippen LogP contribution in [0.5, 0.6) is 0 Å². The first kappa shape index (κ1) is 12.3. The third-order valence-corrected chi connectivity index (χ3v) is 3.45. The molecule has 1 fully saturated rings. The number of sulfonamides is 1. The van der Waals surface area contributed by atoms with Gasteiger partial charge in [0.25, 0.3) is 0 Å². The molecule has 0 amide bonds.